The van der Waals surface area contributed by atoms with Crippen molar-refractivity contribution in [3.8, 4) is 0 Å². The number of aliphatic hydroxyl groups is 2. The van der Waals surface area contributed by atoms with E-state index in [2.05, 4.69) is 0 Å². The van der Waals surface area contributed by atoms with Crippen LogP contribution in [0, 0.1) is 0 Å². The van der Waals surface area contributed by atoms with Crippen LogP contribution in [0.4, 0.5) is 0 Å². The number of carboxylic acid groups (broad SMARTS) is 2. The fourth-order valence-corrected chi connectivity index (χ4v) is 2.78. The first kappa shape index (κ1) is 22.9. The predicted molar refractivity (Wildman–Crippen MR) is 91.9 cm³/mol. The molecule has 0 aliphatic rings. The Kier molecular flexibility index (Phi) is 14.7. The van der Waals surface area contributed by atoms with Gasteiger partial charge in [-0.1, -0.05) is 64.2 Å². The number of carboxylic acids is 2. The second kappa shape index (κ2) is 15.4. The van der Waals surface area contributed by atoms with Gasteiger partial charge in [-0.05, 0) is 12.8 Å². The molecule has 6 nitrogen and oxygen atoms in total. The number of unbranched alkanes of at least 4 members (excludes halogenated alkanes) is 9. The van der Waals surface area contributed by atoms with Crippen molar-refractivity contribution in [3.05, 3.63) is 0 Å². The van der Waals surface area contributed by atoms with Gasteiger partial charge in [0.1, 0.15) is 0 Å². The Morgan fingerprint density at radius 3 is 1.04 bits per heavy atom. The molecule has 0 radical (unpaired) electrons. The van der Waals surface area contributed by atoms with Crippen molar-refractivity contribution in [2.45, 2.75) is 102 Å². The summed E-state index contributed by atoms with van der Waals surface area (Å²) in [5, 5.41) is 35.9. The molecule has 0 saturated carbocycles. The van der Waals surface area contributed by atoms with Gasteiger partial charge in [0, 0.05) is 0 Å². The normalized spacial score (nSPS) is 13.6. The SMILES string of the molecule is O=C(O)C[C@H](O)CCCCCCCCCCCC[C@@H](O)CC(=O)O. The molecular weight excluding hydrogens is 312 g/mol. The topological polar surface area (TPSA) is 115 Å². The molecule has 0 aliphatic carbocycles. The van der Waals surface area contributed by atoms with Crippen LogP contribution in [-0.4, -0.2) is 44.6 Å². The number of hydrogen-bond donors (Lipinski definition) is 4. The number of aliphatic carboxylic acids is 2. The molecule has 6 heteroatoms. The van der Waals surface area contributed by atoms with Crippen LogP contribution in [0.1, 0.15) is 89.9 Å². The number of hydrogen-bond acceptors (Lipinski definition) is 4. The third-order valence-electron chi connectivity index (χ3n) is 4.15. The maximum atomic E-state index is 10.4. The third kappa shape index (κ3) is 17.2. The summed E-state index contributed by atoms with van der Waals surface area (Å²) in [6.07, 6.45) is 10.2. The standard InChI is InChI=1S/C18H34O6/c19-15(13-17(21)22)11-9-7-5-3-1-2-4-6-8-10-12-16(20)14-18(23)24/h15-16,19-20H,1-14H2,(H,21,22)(H,23,24)/t15-,16-/m1/s1. The highest BCUT2D eigenvalue weighted by Gasteiger charge is 2.09. The quantitative estimate of drug-likeness (QED) is 0.300. The van der Waals surface area contributed by atoms with E-state index in [1.165, 1.54) is 25.7 Å². The zero-order valence-corrected chi connectivity index (χ0v) is 14.7. The molecule has 0 amide bonds. The summed E-state index contributed by atoms with van der Waals surface area (Å²) in [5.74, 6) is -1.89. The van der Waals surface area contributed by atoms with E-state index in [1.54, 1.807) is 0 Å². The highest BCUT2D eigenvalue weighted by molar-refractivity contribution is 5.67. The van der Waals surface area contributed by atoms with Crippen molar-refractivity contribution < 1.29 is 30.0 Å². The Hall–Kier alpha value is -1.14. The number of aliphatic hydroxyl groups excluding tert-OH is 2. The lowest BCUT2D eigenvalue weighted by molar-refractivity contribution is -0.140. The molecule has 2 atom stereocenters. The number of carbonyl (C=O) groups is 2. The average molecular weight is 346 g/mol. The summed E-state index contributed by atoms with van der Waals surface area (Å²) in [7, 11) is 0. The average Bonchev–Trinajstić information content (AvgIpc) is 2.46. The van der Waals surface area contributed by atoms with Crippen LogP contribution < -0.4 is 0 Å². The minimum Gasteiger partial charge on any atom is -0.481 e. The fraction of sp³-hybridized carbons (Fsp3) is 0.889. The summed E-state index contributed by atoms with van der Waals surface area (Å²) in [4.78, 5) is 20.8. The molecule has 0 aromatic heterocycles. The Morgan fingerprint density at radius 1 is 0.542 bits per heavy atom. The highest BCUT2D eigenvalue weighted by atomic mass is 16.4. The van der Waals surface area contributed by atoms with Gasteiger partial charge in [0.2, 0.25) is 0 Å². The molecule has 0 aromatic carbocycles. The van der Waals surface area contributed by atoms with Crippen LogP contribution >= 0.6 is 0 Å². The van der Waals surface area contributed by atoms with Crippen molar-refractivity contribution in [1.29, 1.82) is 0 Å². The predicted octanol–water partition coefficient (Wildman–Crippen LogP) is 3.34. The smallest absolute Gasteiger partial charge is 0.305 e. The van der Waals surface area contributed by atoms with Crippen LogP contribution in [0.5, 0.6) is 0 Å². The molecule has 24 heavy (non-hydrogen) atoms. The summed E-state index contributed by atoms with van der Waals surface area (Å²) in [6.45, 7) is 0. The van der Waals surface area contributed by atoms with Crippen molar-refractivity contribution in [2.75, 3.05) is 0 Å². The highest BCUT2D eigenvalue weighted by Crippen LogP contribution is 2.14. The van der Waals surface area contributed by atoms with E-state index in [0.29, 0.717) is 12.8 Å². The lowest BCUT2D eigenvalue weighted by Gasteiger charge is -2.08. The van der Waals surface area contributed by atoms with E-state index in [-0.39, 0.29) is 12.8 Å². The summed E-state index contributed by atoms with van der Waals surface area (Å²) in [5.41, 5.74) is 0. The molecule has 0 saturated heterocycles. The van der Waals surface area contributed by atoms with E-state index in [9.17, 15) is 19.8 Å². The molecule has 0 aromatic rings. The van der Waals surface area contributed by atoms with Crippen molar-refractivity contribution in [3.63, 3.8) is 0 Å². The molecule has 0 bridgehead atoms. The fourth-order valence-electron chi connectivity index (χ4n) is 2.78. The van der Waals surface area contributed by atoms with Gasteiger partial charge in [-0.2, -0.15) is 0 Å². The van der Waals surface area contributed by atoms with Gasteiger partial charge in [0.15, 0.2) is 0 Å². The Bertz CT molecular complexity index is 299. The first-order chi connectivity index (χ1) is 11.4. The molecule has 0 rings (SSSR count). The van der Waals surface area contributed by atoms with Gasteiger partial charge in [-0.25, -0.2) is 0 Å². The Morgan fingerprint density at radius 2 is 0.792 bits per heavy atom. The molecule has 0 spiro atoms. The summed E-state index contributed by atoms with van der Waals surface area (Å²) >= 11 is 0. The zero-order valence-electron chi connectivity index (χ0n) is 14.7. The van der Waals surface area contributed by atoms with Gasteiger partial charge >= 0.3 is 11.9 Å². The number of rotatable bonds is 17. The van der Waals surface area contributed by atoms with Crippen LogP contribution in [0.3, 0.4) is 0 Å². The zero-order chi connectivity index (χ0) is 18.2. The van der Waals surface area contributed by atoms with E-state index >= 15 is 0 Å². The third-order valence-corrected chi connectivity index (χ3v) is 4.15. The molecule has 142 valence electrons. The van der Waals surface area contributed by atoms with Crippen LogP contribution in [0.2, 0.25) is 0 Å². The van der Waals surface area contributed by atoms with E-state index in [0.717, 1.165) is 38.5 Å². The summed E-state index contributed by atoms with van der Waals surface area (Å²) in [6, 6.07) is 0. The Labute approximate surface area is 144 Å². The van der Waals surface area contributed by atoms with Crippen LogP contribution in [0.25, 0.3) is 0 Å². The van der Waals surface area contributed by atoms with Crippen LogP contribution in [-0.2, 0) is 9.59 Å². The van der Waals surface area contributed by atoms with E-state index < -0.39 is 24.1 Å². The lowest BCUT2D eigenvalue weighted by atomic mass is 10.0. The molecule has 0 fully saturated rings. The molecular formula is C18H34O6. The largest absolute Gasteiger partial charge is 0.481 e. The van der Waals surface area contributed by atoms with E-state index in [1.807, 2.05) is 0 Å². The lowest BCUT2D eigenvalue weighted by Crippen LogP contribution is -2.12. The van der Waals surface area contributed by atoms with Gasteiger partial charge < -0.3 is 20.4 Å². The van der Waals surface area contributed by atoms with Gasteiger partial charge in [-0.15, -0.1) is 0 Å². The van der Waals surface area contributed by atoms with Crippen molar-refractivity contribution in [2.24, 2.45) is 0 Å². The van der Waals surface area contributed by atoms with Crippen molar-refractivity contribution in [1.82, 2.24) is 0 Å². The maximum Gasteiger partial charge on any atom is 0.305 e. The minimum absolute atomic E-state index is 0.159. The van der Waals surface area contributed by atoms with Gasteiger partial charge in [0.05, 0.1) is 25.0 Å². The first-order valence-corrected chi connectivity index (χ1v) is 9.21. The van der Waals surface area contributed by atoms with Crippen LogP contribution in [0.15, 0.2) is 0 Å². The van der Waals surface area contributed by atoms with Crippen molar-refractivity contribution >= 4 is 11.9 Å². The van der Waals surface area contributed by atoms with Gasteiger partial charge in [0.25, 0.3) is 0 Å². The maximum absolute atomic E-state index is 10.4. The molecule has 4 N–H and O–H groups in total. The Balaban J connectivity index is 3.20. The van der Waals surface area contributed by atoms with E-state index in [4.69, 9.17) is 10.2 Å². The minimum atomic E-state index is -0.945. The second-order valence-corrected chi connectivity index (χ2v) is 6.62. The summed E-state index contributed by atoms with van der Waals surface area (Å²) < 4.78 is 0. The molecule has 0 unspecified atom stereocenters. The monoisotopic (exact) mass is 346 g/mol. The van der Waals surface area contributed by atoms with Gasteiger partial charge in [-0.3, -0.25) is 9.59 Å². The molecule has 0 heterocycles. The first-order valence-electron chi connectivity index (χ1n) is 9.21. The molecule has 0 aliphatic heterocycles. The second-order valence-electron chi connectivity index (χ2n) is 6.62.